The summed E-state index contributed by atoms with van der Waals surface area (Å²) < 4.78 is 11.7. The van der Waals surface area contributed by atoms with Crippen LogP contribution in [0.3, 0.4) is 0 Å². The third-order valence-electron chi connectivity index (χ3n) is 2.92. The molecule has 8 heteroatoms. The van der Waals surface area contributed by atoms with Crippen molar-refractivity contribution in [2.75, 3.05) is 18.2 Å². The standard InChI is InChI=1S/C16H21N3O3S2/c1-10(2)9-23-16-19-18-15(24-16)17-14(20)11(3)22-13-8-6-5-7-12(13)21-4/h5-8,10-11H,9H2,1-4H3,(H,17,18,20). The number of carbonyl (C=O) groups excluding carboxylic acids is 1. The number of nitrogens with zero attached hydrogens (tertiary/aromatic N) is 2. The number of hydrogen-bond donors (Lipinski definition) is 1. The summed E-state index contributed by atoms with van der Waals surface area (Å²) in [6.45, 7) is 5.97. The number of benzene rings is 1. The van der Waals surface area contributed by atoms with Crippen molar-refractivity contribution in [1.82, 2.24) is 10.2 Å². The molecule has 1 amide bonds. The van der Waals surface area contributed by atoms with E-state index in [1.54, 1.807) is 37.9 Å². The summed E-state index contributed by atoms with van der Waals surface area (Å²) in [6, 6.07) is 7.20. The summed E-state index contributed by atoms with van der Waals surface area (Å²) in [5.41, 5.74) is 0. The maximum atomic E-state index is 12.2. The van der Waals surface area contributed by atoms with Gasteiger partial charge in [0.15, 0.2) is 21.9 Å². The summed E-state index contributed by atoms with van der Waals surface area (Å²) in [5.74, 6) is 2.37. The Morgan fingerprint density at radius 3 is 2.62 bits per heavy atom. The molecule has 0 saturated carbocycles. The molecule has 0 bridgehead atoms. The molecule has 1 heterocycles. The molecule has 24 heavy (non-hydrogen) atoms. The molecule has 6 nitrogen and oxygen atoms in total. The number of thioether (sulfide) groups is 1. The molecule has 1 aromatic heterocycles. The van der Waals surface area contributed by atoms with Crippen LogP contribution in [-0.2, 0) is 4.79 Å². The number of rotatable bonds is 8. The minimum absolute atomic E-state index is 0.280. The van der Waals surface area contributed by atoms with Gasteiger partial charge in [-0.3, -0.25) is 10.1 Å². The summed E-state index contributed by atoms with van der Waals surface area (Å²) in [7, 11) is 1.56. The zero-order valence-corrected chi connectivity index (χ0v) is 15.7. The predicted molar refractivity (Wildman–Crippen MR) is 97.2 cm³/mol. The summed E-state index contributed by atoms with van der Waals surface area (Å²) in [4.78, 5) is 12.2. The molecule has 130 valence electrons. The van der Waals surface area contributed by atoms with E-state index in [0.29, 0.717) is 22.5 Å². The fraction of sp³-hybridized carbons (Fsp3) is 0.438. The molecular formula is C16H21N3O3S2. The van der Waals surface area contributed by atoms with E-state index in [2.05, 4.69) is 29.4 Å². The number of anilines is 1. The number of methoxy groups -OCH3 is 1. The van der Waals surface area contributed by atoms with E-state index in [1.807, 2.05) is 12.1 Å². The third-order valence-corrected chi connectivity index (χ3v) is 5.32. The van der Waals surface area contributed by atoms with Crippen molar-refractivity contribution in [3.63, 3.8) is 0 Å². The Labute approximate surface area is 150 Å². The summed E-state index contributed by atoms with van der Waals surface area (Å²) >= 11 is 3.00. The lowest BCUT2D eigenvalue weighted by molar-refractivity contribution is -0.122. The highest BCUT2D eigenvalue weighted by atomic mass is 32.2. The van der Waals surface area contributed by atoms with Gasteiger partial charge in [-0.1, -0.05) is 49.1 Å². The Morgan fingerprint density at radius 2 is 1.96 bits per heavy atom. The predicted octanol–water partition coefficient (Wildman–Crippen LogP) is 3.70. The van der Waals surface area contributed by atoms with Gasteiger partial charge in [-0.25, -0.2) is 0 Å². The van der Waals surface area contributed by atoms with E-state index in [-0.39, 0.29) is 5.91 Å². The molecule has 1 atom stereocenters. The van der Waals surface area contributed by atoms with Gasteiger partial charge in [0.05, 0.1) is 7.11 Å². The molecule has 0 aliphatic rings. The van der Waals surface area contributed by atoms with E-state index in [1.165, 1.54) is 11.3 Å². The number of hydrogen-bond acceptors (Lipinski definition) is 7. The Kier molecular flexibility index (Phi) is 6.86. The zero-order chi connectivity index (χ0) is 17.5. The Hall–Kier alpha value is -1.80. The number of amides is 1. The Bertz CT molecular complexity index is 676. The number of para-hydroxylation sites is 2. The largest absolute Gasteiger partial charge is 0.493 e. The smallest absolute Gasteiger partial charge is 0.266 e. The lowest BCUT2D eigenvalue weighted by atomic mass is 10.3. The first-order chi connectivity index (χ1) is 11.5. The van der Waals surface area contributed by atoms with Crippen LogP contribution in [0.5, 0.6) is 11.5 Å². The second-order valence-electron chi connectivity index (χ2n) is 5.48. The fourth-order valence-corrected chi connectivity index (χ4v) is 3.46. The summed E-state index contributed by atoms with van der Waals surface area (Å²) in [5, 5.41) is 11.3. The summed E-state index contributed by atoms with van der Waals surface area (Å²) in [6.07, 6.45) is -0.683. The van der Waals surface area contributed by atoms with Gasteiger partial charge in [0.25, 0.3) is 5.91 Å². The molecule has 0 spiro atoms. The van der Waals surface area contributed by atoms with Gasteiger partial charge in [0.2, 0.25) is 5.13 Å². The molecule has 0 aliphatic carbocycles. The zero-order valence-electron chi connectivity index (χ0n) is 14.1. The number of ether oxygens (including phenoxy) is 2. The van der Waals surface area contributed by atoms with Gasteiger partial charge in [-0.2, -0.15) is 0 Å². The lowest BCUT2D eigenvalue weighted by Crippen LogP contribution is -2.30. The average molecular weight is 367 g/mol. The Balaban J connectivity index is 1.92. The normalized spacial score (nSPS) is 12.0. The van der Waals surface area contributed by atoms with E-state index >= 15 is 0 Å². The minimum atomic E-state index is -0.683. The number of nitrogens with one attached hydrogen (secondary N) is 1. The van der Waals surface area contributed by atoms with Gasteiger partial charge in [-0.05, 0) is 25.0 Å². The molecule has 1 unspecified atom stereocenters. The van der Waals surface area contributed by atoms with Crippen LogP contribution in [-0.4, -0.2) is 35.1 Å². The van der Waals surface area contributed by atoms with E-state index in [9.17, 15) is 4.79 Å². The maximum Gasteiger partial charge on any atom is 0.266 e. The average Bonchev–Trinajstić information content (AvgIpc) is 3.00. The topological polar surface area (TPSA) is 73.3 Å². The van der Waals surface area contributed by atoms with Crippen LogP contribution in [0.4, 0.5) is 5.13 Å². The highest BCUT2D eigenvalue weighted by molar-refractivity contribution is 8.01. The van der Waals surface area contributed by atoms with Crippen molar-refractivity contribution >= 4 is 34.1 Å². The first-order valence-corrected chi connectivity index (χ1v) is 9.36. The molecule has 2 rings (SSSR count). The minimum Gasteiger partial charge on any atom is -0.493 e. The van der Waals surface area contributed by atoms with Crippen molar-refractivity contribution in [2.24, 2.45) is 5.92 Å². The highest BCUT2D eigenvalue weighted by Crippen LogP contribution is 2.28. The van der Waals surface area contributed by atoms with Crippen LogP contribution in [0, 0.1) is 5.92 Å². The van der Waals surface area contributed by atoms with Crippen LogP contribution in [0.1, 0.15) is 20.8 Å². The molecule has 0 aliphatic heterocycles. The second kappa shape index (κ2) is 8.89. The van der Waals surface area contributed by atoms with Crippen LogP contribution >= 0.6 is 23.1 Å². The van der Waals surface area contributed by atoms with Gasteiger partial charge in [0, 0.05) is 5.75 Å². The van der Waals surface area contributed by atoms with Crippen LogP contribution in [0.15, 0.2) is 28.6 Å². The molecule has 0 fully saturated rings. The number of carbonyl (C=O) groups is 1. The van der Waals surface area contributed by atoms with E-state index in [4.69, 9.17) is 9.47 Å². The monoisotopic (exact) mass is 367 g/mol. The lowest BCUT2D eigenvalue weighted by Gasteiger charge is -2.15. The molecule has 2 aromatic rings. The second-order valence-corrected chi connectivity index (χ2v) is 7.72. The van der Waals surface area contributed by atoms with Crippen molar-refractivity contribution in [3.05, 3.63) is 24.3 Å². The quantitative estimate of drug-likeness (QED) is 0.566. The molecule has 0 saturated heterocycles. The highest BCUT2D eigenvalue weighted by Gasteiger charge is 2.18. The molecular weight excluding hydrogens is 346 g/mol. The van der Waals surface area contributed by atoms with Crippen LogP contribution in [0.25, 0.3) is 0 Å². The van der Waals surface area contributed by atoms with E-state index in [0.717, 1.165) is 10.1 Å². The maximum absolute atomic E-state index is 12.2. The molecule has 1 N–H and O–H groups in total. The van der Waals surface area contributed by atoms with Crippen molar-refractivity contribution in [2.45, 2.75) is 31.2 Å². The SMILES string of the molecule is COc1ccccc1OC(C)C(=O)Nc1nnc(SCC(C)C)s1. The Morgan fingerprint density at radius 1 is 1.25 bits per heavy atom. The van der Waals surface area contributed by atoms with Gasteiger partial charge in [0.1, 0.15) is 0 Å². The third kappa shape index (κ3) is 5.38. The van der Waals surface area contributed by atoms with Crippen LogP contribution in [0.2, 0.25) is 0 Å². The molecule has 1 aromatic carbocycles. The van der Waals surface area contributed by atoms with Crippen molar-refractivity contribution in [1.29, 1.82) is 0 Å². The number of aromatic nitrogens is 2. The van der Waals surface area contributed by atoms with Gasteiger partial charge >= 0.3 is 0 Å². The fourth-order valence-electron chi connectivity index (χ4n) is 1.72. The van der Waals surface area contributed by atoms with Gasteiger partial charge < -0.3 is 9.47 Å². The van der Waals surface area contributed by atoms with Crippen molar-refractivity contribution < 1.29 is 14.3 Å². The van der Waals surface area contributed by atoms with Gasteiger partial charge in [-0.15, -0.1) is 10.2 Å². The van der Waals surface area contributed by atoms with Crippen molar-refractivity contribution in [3.8, 4) is 11.5 Å². The first-order valence-electron chi connectivity index (χ1n) is 7.56. The van der Waals surface area contributed by atoms with Crippen LogP contribution < -0.4 is 14.8 Å². The molecule has 0 radical (unpaired) electrons. The first kappa shape index (κ1) is 18.5. The van der Waals surface area contributed by atoms with E-state index < -0.39 is 6.10 Å².